The van der Waals surface area contributed by atoms with E-state index in [2.05, 4.69) is 42.2 Å². The van der Waals surface area contributed by atoms with Crippen molar-refractivity contribution in [3.05, 3.63) is 55.2 Å². The summed E-state index contributed by atoms with van der Waals surface area (Å²) in [5, 5.41) is 13.4. The number of benzene rings is 1. The Bertz CT molecular complexity index is 654. The summed E-state index contributed by atoms with van der Waals surface area (Å²) >= 11 is 6.36. The van der Waals surface area contributed by atoms with Crippen LogP contribution >= 0.6 is 31.9 Å². The molecule has 0 saturated heterocycles. The van der Waals surface area contributed by atoms with Gasteiger partial charge in [0.15, 0.2) is 0 Å². The van der Waals surface area contributed by atoms with Crippen LogP contribution in [0.15, 0.2) is 39.4 Å². The molecular weight excluding hydrogens is 382 g/mol. The van der Waals surface area contributed by atoms with E-state index in [9.17, 15) is 14.9 Å². The first-order valence-electron chi connectivity index (χ1n) is 5.06. The zero-order valence-electron chi connectivity index (χ0n) is 9.31. The first kappa shape index (κ1) is 13.8. The maximum Gasteiger partial charge on any atom is 0.293 e. The van der Waals surface area contributed by atoms with Gasteiger partial charge in [-0.2, -0.15) is 0 Å². The highest BCUT2D eigenvalue weighted by atomic mass is 79.9. The van der Waals surface area contributed by atoms with Crippen molar-refractivity contribution >= 4 is 49.1 Å². The largest absolute Gasteiger partial charge is 0.356 e. The first-order chi connectivity index (χ1) is 8.97. The summed E-state index contributed by atoms with van der Waals surface area (Å²) in [7, 11) is 0. The average molecular weight is 389 g/mol. The maximum atomic E-state index is 11.9. The van der Waals surface area contributed by atoms with Crippen LogP contribution < -0.4 is 5.32 Å². The van der Waals surface area contributed by atoms with Crippen molar-refractivity contribution in [3.8, 4) is 0 Å². The lowest BCUT2D eigenvalue weighted by Gasteiger charge is -2.05. The van der Waals surface area contributed by atoms with Gasteiger partial charge in [0, 0.05) is 21.2 Å². The topological polar surface area (TPSA) is 88.0 Å². The van der Waals surface area contributed by atoms with E-state index < -0.39 is 10.8 Å². The van der Waals surface area contributed by atoms with E-state index in [1.54, 1.807) is 18.3 Å². The Balaban J connectivity index is 2.28. The molecule has 0 atom stereocenters. The molecule has 6 nitrogen and oxygen atoms in total. The molecule has 0 aliphatic heterocycles. The fraction of sp³-hybridized carbons (Fsp3) is 0. The first-order valence-corrected chi connectivity index (χ1v) is 6.65. The number of aromatic nitrogens is 1. The van der Waals surface area contributed by atoms with Crippen LogP contribution in [-0.2, 0) is 0 Å². The van der Waals surface area contributed by atoms with Gasteiger partial charge in [-0.1, -0.05) is 15.9 Å². The number of anilines is 1. The molecule has 2 aromatic rings. The molecule has 0 aliphatic rings. The number of hydrogen-bond donors (Lipinski definition) is 2. The third-order valence-electron chi connectivity index (χ3n) is 2.30. The molecular formula is C11H7Br2N3O3. The number of nitro groups is 1. The molecule has 2 rings (SSSR count). The van der Waals surface area contributed by atoms with Crippen molar-refractivity contribution in [3.63, 3.8) is 0 Å². The van der Waals surface area contributed by atoms with E-state index >= 15 is 0 Å². The molecule has 1 heterocycles. The third kappa shape index (κ3) is 3.21. The number of aromatic amines is 1. The van der Waals surface area contributed by atoms with Crippen LogP contribution in [-0.4, -0.2) is 15.8 Å². The zero-order chi connectivity index (χ0) is 14.0. The fourth-order valence-corrected chi connectivity index (χ4v) is 2.14. The summed E-state index contributed by atoms with van der Waals surface area (Å²) in [5.74, 6) is -0.448. The second-order valence-corrected chi connectivity index (χ2v) is 5.44. The smallest absolute Gasteiger partial charge is 0.293 e. The number of nitro benzene ring substituents is 1. The van der Waals surface area contributed by atoms with E-state index in [-0.39, 0.29) is 11.4 Å². The molecule has 0 saturated carbocycles. The van der Waals surface area contributed by atoms with Crippen molar-refractivity contribution in [2.24, 2.45) is 0 Å². The SMILES string of the molecule is O=C(Nc1ccc(Br)cc1[N+](=O)[O-])c1cc(Br)c[nH]1. The standard InChI is InChI=1S/C11H7Br2N3O3/c12-6-1-2-8(10(4-6)16(18)19)15-11(17)9-3-7(13)5-14-9/h1-5,14H,(H,15,17). The fourth-order valence-electron chi connectivity index (χ4n) is 1.45. The number of carbonyl (C=O) groups is 1. The minimum Gasteiger partial charge on any atom is -0.356 e. The van der Waals surface area contributed by atoms with E-state index in [1.165, 1.54) is 12.1 Å². The number of H-pyrrole nitrogens is 1. The van der Waals surface area contributed by atoms with Gasteiger partial charge in [-0.3, -0.25) is 14.9 Å². The van der Waals surface area contributed by atoms with Crippen LogP contribution in [0.1, 0.15) is 10.5 Å². The molecule has 0 bridgehead atoms. The highest BCUT2D eigenvalue weighted by molar-refractivity contribution is 9.10. The molecule has 1 aromatic carbocycles. The number of nitrogens with zero attached hydrogens (tertiary/aromatic N) is 1. The number of halogens is 2. The molecule has 98 valence electrons. The highest BCUT2D eigenvalue weighted by Gasteiger charge is 2.17. The quantitative estimate of drug-likeness (QED) is 0.620. The number of carbonyl (C=O) groups excluding carboxylic acids is 1. The third-order valence-corrected chi connectivity index (χ3v) is 3.25. The van der Waals surface area contributed by atoms with Gasteiger partial charge < -0.3 is 10.3 Å². The van der Waals surface area contributed by atoms with Gasteiger partial charge >= 0.3 is 0 Å². The van der Waals surface area contributed by atoms with Crippen molar-refractivity contribution in [2.45, 2.75) is 0 Å². The highest BCUT2D eigenvalue weighted by Crippen LogP contribution is 2.28. The summed E-state index contributed by atoms with van der Waals surface area (Å²) < 4.78 is 1.29. The Morgan fingerprint density at radius 2 is 2.00 bits per heavy atom. The summed E-state index contributed by atoms with van der Waals surface area (Å²) in [6.07, 6.45) is 1.60. The molecule has 1 amide bonds. The van der Waals surface area contributed by atoms with Crippen LogP contribution in [0.25, 0.3) is 0 Å². The maximum absolute atomic E-state index is 11.9. The monoisotopic (exact) mass is 387 g/mol. The molecule has 1 aromatic heterocycles. The van der Waals surface area contributed by atoms with Crippen LogP contribution in [0.5, 0.6) is 0 Å². The molecule has 0 fully saturated rings. The van der Waals surface area contributed by atoms with Crippen molar-refractivity contribution in [2.75, 3.05) is 5.32 Å². The van der Waals surface area contributed by atoms with Gasteiger partial charge in [0.2, 0.25) is 0 Å². The Morgan fingerprint density at radius 1 is 1.26 bits per heavy atom. The van der Waals surface area contributed by atoms with Gasteiger partial charge in [0.25, 0.3) is 11.6 Å². The van der Waals surface area contributed by atoms with Crippen molar-refractivity contribution < 1.29 is 9.72 Å². The zero-order valence-corrected chi connectivity index (χ0v) is 12.5. The van der Waals surface area contributed by atoms with Crippen LogP contribution in [0.2, 0.25) is 0 Å². The molecule has 8 heteroatoms. The second-order valence-electron chi connectivity index (χ2n) is 3.60. The Hall–Kier alpha value is -1.67. The van der Waals surface area contributed by atoms with E-state index in [1.807, 2.05) is 0 Å². The van der Waals surface area contributed by atoms with Crippen molar-refractivity contribution in [1.82, 2.24) is 4.98 Å². The van der Waals surface area contributed by atoms with E-state index in [0.717, 1.165) is 4.47 Å². The Morgan fingerprint density at radius 3 is 2.58 bits per heavy atom. The van der Waals surface area contributed by atoms with Gasteiger partial charge in [0.1, 0.15) is 11.4 Å². The number of rotatable bonds is 3. The Labute approximate surface area is 124 Å². The van der Waals surface area contributed by atoms with Crippen LogP contribution in [0.4, 0.5) is 11.4 Å². The molecule has 2 N–H and O–H groups in total. The predicted octanol–water partition coefficient (Wildman–Crippen LogP) is 3.70. The lowest BCUT2D eigenvalue weighted by molar-refractivity contribution is -0.384. The Kier molecular flexibility index (Phi) is 4.01. The van der Waals surface area contributed by atoms with Gasteiger partial charge in [0.05, 0.1) is 4.92 Å². The molecule has 0 radical (unpaired) electrons. The summed E-state index contributed by atoms with van der Waals surface area (Å²) in [5.41, 5.74) is 0.279. The minimum absolute atomic E-state index is 0.143. The molecule has 0 unspecified atom stereocenters. The summed E-state index contributed by atoms with van der Waals surface area (Å²) in [4.78, 5) is 25.0. The number of hydrogen-bond acceptors (Lipinski definition) is 3. The van der Waals surface area contributed by atoms with Gasteiger partial charge in [-0.15, -0.1) is 0 Å². The molecule has 0 aliphatic carbocycles. The molecule has 19 heavy (non-hydrogen) atoms. The number of amides is 1. The second kappa shape index (κ2) is 5.54. The lowest BCUT2D eigenvalue weighted by Crippen LogP contribution is -2.13. The average Bonchev–Trinajstić information content (AvgIpc) is 2.78. The number of nitrogens with one attached hydrogen (secondary N) is 2. The minimum atomic E-state index is -0.551. The normalized spacial score (nSPS) is 10.2. The summed E-state index contributed by atoms with van der Waals surface area (Å²) in [6.45, 7) is 0. The van der Waals surface area contributed by atoms with Gasteiger partial charge in [-0.05, 0) is 34.1 Å². The van der Waals surface area contributed by atoms with Crippen LogP contribution in [0.3, 0.4) is 0 Å². The van der Waals surface area contributed by atoms with Crippen molar-refractivity contribution in [1.29, 1.82) is 0 Å². The van der Waals surface area contributed by atoms with E-state index in [4.69, 9.17) is 0 Å². The van der Waals surface area contributed by atoms with Crippen LogP contribution in [0, 0.1) is 10.1 Å². The molecule has 0 spiro atoms. The van der Waals surface area contributed by atoms with E-state index in [0.29, 0.717) is 10.2 Å². The lowest BCUT2D eigenvalue weighted by atomic mass is 10.2. The predicted molar refractivity (Wildman–Crippen MR) is 77.2 cm³/mol. The summed E-state index contributed by atoms with van der Waals surface area (Å²) in [6, 6.07) is 6.01. The van der Waals surface area contributed by atoms with Gasteiger partial charge in [-0.25, -0.2) is 0 Å².